The van der Waals surface area contributed by atoms with Crippen LogP contribution in [0.1, 0.15) is 12.8 Å². The number of rotatable bonds is 1. The molecular weight excluding hydrogens is 117 g/mol. The molecule has 0 radical (unpaired) electrons. The fraction of sp³-hybridized carbons (Fsp3) is 1.00. The van der Waals surface area contributed by atoms with E-state index in [1.165, 1.54) is 25.5 Å². The summed E-state index contributed by atoms with van der Waals surface area (Å²) in [6.07, 6.45) is 4.05. The molecule has 48 valence electrons. The van der Waals surface area contributed by atoms with Gasteiger partial charge in [-0.25, -0.2) is 0 Å². The van der Waals surface area contributed by atoms with Gasteiger partial charge in [-0.1, -0.05) is 0 Å². The highest BCUT2D eigenvalue weighted by Gasteiger charge is 2.17. The molecule has 0 N–H and O–H groups in total. The SMILES string of the molecule is CN1CCC[C@H]1CP. The summed E-state index contributed by atoms with van der Waals surface area (Å²) in [7, 11) is 5.02. The second-order valence-electron chi connectivity index (χ2n) is 2.51. The Morgan fingerprint density at radius 3 is 2.75 bits per heavy atom. The molecule has 1 aliphatic heterocycles. The molecule has 2 heteroatoms. The third kappa shape index (κ3) is 1.21. The predicted octanol–water partition coefficient (Wildman–Crippen LogP) is 0.956. The lowest BCUT2D eigenvalue weighted by molar-refractivity contribution is 0.335. The van der Waals surface area contributed by atoms with Gasteiger partial charge in [0.2, 0.25) is 0 Å². The van der Waals surface area contributed by atoms with Gasteiger partial charge in [0.25, 0.3) is 0 Å². The first-order chi connectivity index (χ1) is 3.84. The quantitative estimate of drug-likeness (QED) is 0.479. The van der Waals surface area contributed by atoms with Gasteiger partial charge in [-0.3, -0.25) is 0 Å². The molecule has 1 saturated heterocycles. The normalized spacial score (nSPS) is 31.5. The molecule has 0 aromatic heterocycles. The van der Waals surface area contributed by atoms with Crippen molar-refractivity contribution in [3.8, 4) is 0 Å². The van der Waals surface area contributed by atoms with Crippen LogP contribution in [0.15, 0.2) is 0 Å². The summed E-state index contributed by atoms with van der Waals surface area (Å²) in [6, 6.07) is 0.861. The van der Waals surface area contributed by atoms with Gasteiger partial charge in [-0.2, -0.15) is 0 Å². The second kappa shape index (κ2) is 2.80. The molecule has 2 atom stereocenters. The Labute approximate surface area is 53.6 Å². The molecule has 0 aliphatic carbocycles. The van der Waals surface area contributed by atoms with Gasteiger partial charge in [-0.15, -0.1) is 9.24 Å². The molecule has 1 nitrogen and oxygen atoms in total. The first-order valence-corrected chi connectivity index (χ1v) is 4.06. The summed E-state index contributed by atoms with van der Waals surface area (Å²) in [4.78, 5) is 2.44. The van der Waals surface area contributed by atoms with Crippen LogP contribution in [0.5, 0.6) is 0 Å². The minimum atomic E-state index is 0.861. The van der Waals surface area contributed by atoms with Crippen LogP contribution in [0, 0.1) is 0 Å². The van der Waals surface area contributed by atoms with Gasteiger partial charge >= 0.3 is 0 Å². The van der Waals surface area contributed by atoms with E-state index in [0.29, 0.717) is 0 Å². The van der Waals surface area contributed by atoms with Crippen LogP contribution in [-0.2, 0) is 0 Å². The van der Waals surface area contributed by atoms with E-state index < -0.39 is 0 Å². The van der Waals surface area contributed by atoms with Crippen molar-refractivity contribution in [2.24, 2.45) is 0 Å². The van der Waals surface area contributed by atoms with E-state index in [2.05, 4.69) is 21.2 Å². The fourth-order valence-electron chi connectivity index (χ4n) is 1.28. The van der Waals surface area contributed by atoms with Crippen molar-refractivity contribution in [3.63, 3.8) is 0 Å². The van der Waals surface area contributed by atoms with Crippen LogP contribution in [0.4, 0.5) is 0 Å². The highest BCUT2D eigenvalue weighted by atomic mass is 31.0. The second-order valence-corrected chi connectivity index (χ2v) is 2.98. The van der Waals surface area contributed by atoms with Crippen LogP contribution < -0.4 is 0 Å². The zero-order valence-electron chi connectivity index (χ0n) is 5.43. The fourth-order valence-corrected chi connectivity index (χ4v) is 1.87. The predicted molar refractivity (Wildman–Crippen MR) is 40.2 cm³/mol. The van der Waals surface area contributed by atoms with Crippen molar-refractivity contribution in [3.05, 3.63) is 0 Å². The van der Waals surface area contributed by atoms with Crippen LogP contribution in [0.2, 0.25) is 0 Å². The topological polar surface area (TPSA) is 3.24 Å². The van der Waals surface area contributed by atoms with Gasteiger partial charge in [0.1, 0.15) is 0 Å². The summed E-state index contributed by atoms with van der Waals surface area (Å²) >= 11 is 0. The maximum absolute atomic E-state index is 2.81. The third-order valence-corrected chi connectivity index (χ3v) is 2.49. The number of hydrogen-bond acceptors (Lipinski definition) is 1. The van der Waals surface area contributed by atoms with Crippen molar-refractivity contribution in [2.45, 2.75) is 18.9 Å². The summed E-state index contributed by atoms with van der Waals surface area (Å²) in [5, 5.41) is 0. The van der Waals surface area contributed by atoms with Gasteiger partial charge in [0.05, 0.1) is 0 Å². The highest BCUT2D eigenvalue weighted by molar-refractivity contribution is 7.16. The molecule has 0 bridgehead atoms. The Balaban J connectivity index is 2.30. The van der Waals surface area contributed by atoms with E-state index in [-0.39, 0.29) is 0 Å². The van der Waals surface area contributed by atoms with Crippen molar-refractivity contribution in [1.82, 2.24) is 4.90 Å². The molecule has 1 rings (SSSR count). The van der Waals surface area contributed by atoms with Crippen LogP contribution in [-0.4, -0.2) is 30.7 Å². The van der Waals surface area contributed by atoms with E-state index in [1.807, 2.05) is 0 Å². The smallest absolute Gasteiger partial charge is 0.0127 e. The van der Waals surface area contributed by atoms with Gasteiger partial charge in [0.15, 0.2) is 0 Å². The molecule has 0 saturated carbocycles. The summed E-state index contributed by atoms with van der Waals surface area (Å²) < 4.78 is 0. The molecule has 1 aliphatic rings. The Hall–Kier alpha value is 0.390. The van der Waals surface area contributed by atoms with Gasteiger partial charge in [-0.05, 0) is 32.6 Å². The van der Waals surface area contributed by atoms with Crippen molar-refractivity contribution >= 4 is 9.24 Å². The average Bonchev–Trinajstić information content (AvgIpc) is 2.14. The lowest BCUT2D eigenvalue weighted by atomic mass is 10.2. The first-order valence-electron chi connectivity index (χ1n) is 3.25. The monoisotopic (exact) mass is 131 g/mol. The lowest BCUT2D eigenvalue weighted by Gasteiger charge is -2.15. The summed E-state index contributed by atoms with van der Waals surface area (Å²) in [6.45, 7) is 1.30. The number of hydrogen-bond donors (Lipinski definition) is 0. The average molecular weight is 131 g/mol. The Morgan fingerprint density at radius 1 is 1.75 bits per heavy atom. The standard InChI is InChI=1S/C6H14NP/c1-7-4-2-3-6(7)5-8/h6H,2-5,8H2,1H3/t6-/m0/s1. The largest absolute Gasteiger partial charge is 0.303 e. The highest BCUT2D eigenvalue weighted by Crippen LogP contribution is 2.15. The Kier molecular flexibility index (Phi) is 2.27. The molecule has 0 aromatic rings. The van der Waals surface area contributed by atoms with E-state index in [9.17, 15) is 0 Å². The van der Waals surface area contributed by atoms with Crippen LogP contribution in [0.3, 0.4) is 0 Å². The minimum absolute atomic E-state index is 0.861. The Bertz CT molecular complexity index is 74.9. The maximum atomic E-state index is 2.81. The minimum Gasteiger partial charge on any atom is -0.303 e. The van der Waals surface area contributed by atoms with Crippen LogP contribution in [0.25, 0.3) is 0 Å². The molecule has 1 unspecified atom stereocenters. The molecule has 1 heterocycles. The summed E-state index contributed by atoms with van der Waals surface area (Å²) in [5.74, 6) is 0. The number of nitrogens with zero attached hydrogens (tertiary/aromatic N) is 1. The zero-order chi connectivity index (χ0) is 5.98. The molecule has 0 amide bonds. The first kappa shape index (κ1) is 6.51. The molecular formula is C6H14NP. The van der Waals surface area contributed by atoms with Crippen LogP contribution >= 0.6 is 9.24 Å². The maximum Gasteiger partial charge on any atom is 0.0127 e. The summed E-state index contributed by atoms with van der Waals surface area (Å²) in [5.41, 5.74) is 0. The van der Waals surface area contributed by atoms with E-state index in [1.54, 1.807) is 0 Å². The van der Waals surface area contributed by atoms with Gasteiger partial charge in [0, 0.05) is 6.04 Å². The van der Waals surface area contributed by atoms with E-state index >= 15 is 0 Å². The zero-order valence-corrected chi connectivity index (χ0v) is 6.59. The van der Waals surface area contributed by atoms with E-state index in [0.717, 1.165) is 6.04 Å². The van der Waals surface area contributed by atoms with Crippen molar-refractivity contribution < 1.29 is 0 Å². The van der Waals surface area contributed by atoms with E-state index in [4.69, 9.17) is 0 Å². The molecule has 8 heavy (non-hydrogen) atoms. The van der Waals surface area contributed by atoms with Crippen molar-refractivity contribution in [2.75, 3.05) is 19.8 Å². The molecule has 0 aromatic carbocycles. The molecule has 1 fully saturated rings. The van der Waals surface area contributed by atoms with Crippen molar-refractivity contribution in [1.29, 1.82) is 0 Å². The van der Waals surface area contributed by atoms with Gasteiger partial charge < -0.3 is 4.90 Å². The third-order valence-electron chi connectivity index (χ3n) is 1.94. The lowest BCUT2D eigenvalue weighted by Crippen LogP contribution is -2.25. The molecule has 0 spiro atoms. The number of likely N-dealkylation sites (tertiary alicyclic amines) is 1. The Morgan fingerprint density at radius 2 is 2.50 bits per heavy atom.